The van der Waals surface area contributed by atoms with E-state index >= 15 is 0 Å². The molecular weight excluding hydrogens is 454 g/mol. The Hall–Kier alpha value is -2.63. The molecule has 0 fully saturated rings. The second kappa shape index (κ2) is 11.1. The number of rotatable bonds is 9. The van der Waals surface area contributed by atoms with Crippen LogP contribution in [0.15, 0.2) is 72.8 Å². The molecule has 4 nitrogen and oxygen atoms in total. The van der Waals surface area contributed by atoms with Gasteiger partial charge >= 0.3 is 0 Å². The van der Waals surface area contributed by atoms with Crippen molar-refractivity contribution in [2.24, 2.45) is 0 Å². The number of quaternary nitrogens is 1. The summed E-state index contributed by atoms with van der Waals surface area (Å²) >= 11 is 0. The summed E-state index contributed by atoms with van der Waals surface area (Å²) in [5, 5.41) is 0. The minimum absolute atomic E-state index is 0. The fourth-order valence-electron chi connectivity index (χ4n) is 3.63. The third-order valence-electron chi connectivity index (χ3n) is 5.38. The first-order chi connectivity index (χ1) is 14.4. The van der Waals surface area contributed by atoms with E-state index in [4.69, 9.17) is 9.47 Å². The number of hydrogen-bond donors (Lipinski definition) is 0. The highest BCUT2D eigenvalue weighted by atomic mass is 79.9. The van der Waals surface area contributed by atoms with Gasteiger partial charge in [-0.15, -0.1) is 0 Å². The van der Waals surface area contributed by atoms with E-state index in [-0.39, 0.29) is 22.8 Å². The second-order valence-corrected chi connectivity index (χ2v) is 7.99. The molecule has 0 heterocycles. The van der Waals surface area contributed by atoms with Crippen molar-refractivity contribution in [3.05, 3.63) is 89.5 Å². The van der Waals surface area contributed by atoms with E-state index in [1.807, 2.05) is 6.07 Å². The largest absolute Gasteiger partial charge is 1.00 e. The lowest BCUT2D eigenvalue weighted by Crippen LogP contribution is -3.00. The van der Waals surface area contributed by atoms with Crippen molar-refractivity contribution in [2.75, 3.05) is 28.3 Å². The fraction of sp³-hybridized carbons (Fsp3) is 0.269. The van der Waals surface area contributed by atoms with Crippen LogP contribution in [0.2, 0.25) is 0 Å². The number of Topliss-reactive ketones (excluding diaryl/α,β-unsaturated/α-hetero) is 1. The highest BCUT2D eigenvalue weighted by Crippen LogP contribution is 2.28. The number of carbonyl (C=O) groups is 1. The van der Waals surface area contributed by atoms with Crippen LogP contribution in [-0.4, -0.2) is 34.1 Å². The number of carbonyl (C=O) groups excluding carboxylic acids is 1. The average molecular weight is 484 g/mol. The van der Waals surface area contributed by atoms with Crippen molar-refractivity contribution < 1.29 is 31.2 Å². The molecule has 0 atom stereocenters. The summed E-state index contributed by atoms with van der Waals surface area (Å²) in [6, 6.07) is 24.4. The van der Waals surface area contributed by atoms with Gasteiger partial charge in [0.1, 0.15) is 12.2 Å². The summed E-state index contributed by atoms with van der Waals surface area (Å²) < 4.78 is 11.3. The molecule has 0 aliphatic heterocycles. The maximum absolute atomic E-state index is 12.7. The fourth-order valence-corrected chi connectivity index (χ4v) is 3.63. The van der Waals surface area contributed by atoms with Gasteiger partial charge in [0, 0.05) is 23.6 Å². The van der Waals surface area contributed by atoms with Crippen molar-refractivity contribution >= 4 is 11.5 Å². The van der Waals surface area contributed by atoms with Gasteiger partial charge in [-0.05, 0) is 36.2 Å². The molecule has 0 amide bonds. The Balaban J connectivity index is 0.00000341. The summed E-state index contributed by atoms with van der Waals surface area (Å²) in [6.45, 7) is 0.912. The van der Waals surface area contributed by atoms with Gasteiger partial charge in [-0.25, -0.2) is 0 Å². The molecule has 0 bridgehead atoms. The molecule has 0 saturated heterocycles. The van der Waals surface area contributed by atoms with Crippen molar-refractivity contribution in [2.45, 2.75) is 19.4 Å². The molecule has 3 rings (SSSR count). The number of ether oxygens (including phenoxy) is 2. The van der Waals surface area contributed by atoms with E-state index in [1.165, 1.54) is 16.8 Å². The van der Waals surface area contributed by atoms with Crippen molar-refractivity contribution in [1.29, 1.82) is 0 Å². The minimum atomic E-state index is 0. The number of hydrogen-bond acceptors (Lipinski definition) is 3. The molecule has 3 aromatic rings. The molecule has 0 radical (unpaired) electrons. The van der Waals surface area contributed by atoms with Crippen LogP contribution in [-0.2, 0) is 13.0 Å². The lowest BCUT2D eigenvalue weighted by molar-refractivity contribution is -0.0000147. The molecule has 0 aliphatic carbocycles. The quantitative estimate of drug-likeness (QED) is 0.346. The molecule has 0 spiro atoms. The van der Waals surface area contributed by atoms with E-state index in [1.54, 1.807) is 32.4 Å². The molecule has 0 saturated carbocycles. The van der Waals surface area contributed by atoms with Gasteiger partial charge in [-0.3, -0.25) is 9.28 Å². The SMILES string of the molecule is COc1ccc(C(=O)CCc2cccc([N+](C)(C)Cc3ccccc3)c2)cc1OC.[Br-]. The van der Waals surface area contributed by atoms with Crippen LogP contribution in [0.25, 0.3) is 0 Å². The molecule has 0 N–H and O–H groups in total. The molecule has 5 heteroatoms. The molecule has 31 heavy (non-hydrogen) atoms. The van der Waals surface area contributed by atoms with E-state index < -0.39 is 0 Å². The highest BCUT2D eigenvalue weighted by Gasteiger charge is 2.20. The van der Waals surface area contributed by atoms with Crippen molar-refractivity contribution in [1.82, 2.24) is 4.48 Å². The molecule has 164 valence electrons. The summed E-state index contributed by atoms with van der Waals surface area (Å²) in [5.41, 5.74) is 4.34. The van der Waals surface area contributed by atoms with E-state index in [0.717, 1.165) is 11.0 Å². The zero-order chi connectivity index (χ0) is 21.6. The standard InChI is InChI=1S/C26H30NO3.BrH/c1-27(2,19-21-9-6-5-7-10-21)23-12-8-11-20(17-23)13-15-24(28)22-14-16-25(29-3)26(18-22)30-4;/h5-12,14,16-18H,13,15,19H2,1-4H3;1H/q+1;/p-1. The molecule has 0 unspecified atom stereocenters. The average Bonchev–Trinajstić information content (AvgIpc) is 2.77. The maximum atomic E-state index is 12.7. The van der Waals surface area contributed by atoms with Crippen LogP contribution >= 0.6 is 0 Å². The predicted molar refractivity (Wildman–Crippen MR) is 122 cm³/mol. The number of halogens is 1. The lowest BCUT2D eigenvalue weighted by atomic mass is 10.0. The molecule has 0 aromatic heterocycles. The third-order valence-corrected chi connectivity index (χ3v) is 5.38. The number of aryl methyl sites for hydroxylation is 1. The van der Waals surface area contributed by atoms with Gasteiger partial charge < -0.3 is 26.5 Å². The Bertz CT molecular complexity index is 1000. The first-order valence-corrected chi connectivity index (χ1v) is 10.1. The monoisotopic (exact) mass is 483 g/mol. The molecular formula is C26H30BrNO3. The Kier molecular flexibility index (Phi) is 8.84. The van der Waals surface area contributed by atoms with Gasteiger partial charge in [0.2, 0.25) is 0 Å². The van der Waals surface area contributed by atoms with E-state index in [2.05, 4.69) is 62.6 Å². The van der Waals surface area contributed by atoms with Crippen molar-refractivity contribution in [3.63, 3.8) is 0 Å². The number of nitrogens with zero attached hydrogens (tertiary/aromatic N) is 1. The zero-order valence-electron chi connectivity index (χ0n) is 18.6. The number of ketones is 1. The summed E-state index contributed by atoms with van der Waals surface area (Å²) in [7, 11) is 7.58. The predicted octanol–water partition coefficient (Wildman–Crippen LogP) is 2.29. The van der Waals surface area contributed by atoms with Crippen LogP contribution in [0.4, 0.5) is 5.69 Å². The topological polar surface area (TPSA) is 35.5 Å². The smallest absolute Gasteiger partial charge is 0.163 e. The summed E-state index contributed by atoms with van der Waals surface area (Å²) in [5.74, 6) is 1.30. The Morgan fingerprint density at radius 1 is 0.806 bits per heavy atom. The molecule has 3 aromatic carbocycles. The second-order valence-electron chi connectivity index (χ2n) is 7.99. The zero-order valence-corrected chi connectivity index (χ0v) is 20.2. The van der Waals surface area contributed by atoms with Gasteiger partial charge in [0.05, 0.1) is 28.3 Å². The first-order valence-electron chi connectivity index (χ1n) is 10.1. The van der Waals surface area contributed by atoms with Gasteiger partial charge in [0.25, 0.3) is 0 Å². The lowest BCUT2D eigenvalue weighted by Gasteiger charge is -2.29. The van der Waals surface area contributed by atoms with E-state index in [0.29, 0.717) is 29.9 Å². The van der Waals surface area contributed by atoms with Crippen LogP contribution in [0.3, 0.4) is 0 Å². The van der Waals surface area contributed by atoms with Crippen molar-refractivity contribution in [3.8, 4) is 11.5 Å². The van der Waals surface area contributed by atoms with Crippen LogP contribution in [0.1, 0.15) is 27.9 Å². The van der Waals surface area contributed by atoms with E-state index in [9.17, 15) is 4.79 Å². The normalized spacial score (nSPS) is 10.8. The van der Waals surface area contributed by atoms with Crippen LogP contribution < -0.4 is 30.9 Å². The minimum Gasteiger partial charge on any atom is -1.00 e. The maximum Gasteiger partial charge on any atom is 0.163 e. The Labute approximate surface area is 195 Å². The Morgan fingerprint density at radius 3 is 2.16 bits per heavy atom. The van der Waals surface area contributed by atoms with Crippen LogP contribution in [0, 0.1) is 0 Å². The first kappa shape index (κ1) is 24.6. The van der Waals surface area contributed by atoms with Gasteiger partial charge in [0.15, 0.2) is 17.3 Å². The molecule has 0 aliphatic rings. The number of benzene rings is 3. The van der Waals surface area contributed by atoms with Gasteiger partial charge in [-0.1, -0.05) is 42.5 Å². The summed E-state index contributed by atoms with van der Waals surface area (Å²) in [4.78, 5) is 12.7. The van der Waals surface area contributed by atoms with Crippen LogP contribution in [0.5, 0.6) is 11.5 Å². The Morgan fingerprint density at radius 2 is 1.48 bits per heavy atom. The number of methoxy groups -OCH3 is 2. The third kappa shape index (κ3) is 6.42. The highest BCUT2D eigenvalue weighted by molar-refractivity contribution is 5.96. The summed E-state index contributed by atoms with van der Waals surface area (Å²) in [6.07, 6.45) is 1.15. The van der Waals surface area contributed by atoms with Gasteiger partial charge in [-0.2, -0.15) is 0 Å².